The van der Waals surface area contributed by atoms with Crippen LogP contribution in [0.4, 0.5) is 4.79 Å². The Kier molecular flexibility index (Phi) is 4.98. The summed E-state index contributed by atoms with van der Waals surface area (Å²) in [6, 6.07) is -0.696. The molecule has 94 valence electrons. The van der Waals surface area contributed by atoms with Crippen molar-refractivity contribution < 1.29 is 43.9 Å². The molecule has 1 spiro atoms. The Hall–Kier alpha value is -0.390. The largest absolute Gasteiger partial charge is 1.00 e. The van der Waals surface area contributed by atoms with Crippen molar-refractivity contribution in [2.75, 3.05) is 0 Å². The van der Waals surface area contributed by atoms with Crippen molar-refractivity contribution in [3.05, 3.63) is 0 Å². The first-order valence-corrected chi connectivity index (χ1v) is 6.20. The van der Waals surface area contributed by atoms with Crippen LogP contribution in [0.3, 0.4) is 0 Å². The van der Waals surface area contributed by atoms with Crippen molar-refractivity contribution in [1.29, 1.82) is 0 Å². The van der Waals surface area contributed by atoms with Gasteiger partial charge in [0.1, 0.15) is 5.41 Å². The van der Waals surface area contributed by atoms with Crippen molar-refractivity contribution >= 4 is 17.8 Å². The molecule has 4 amide bonds. The van der Waals surface area contributed by atoms with Gasteiger partial charge in [-0.15, -0.1) is 0 Å². The van der Waals surface area contributed by atoms with Crippen LogP contribution in [0.25, 0.3) is 0 Å². The van der Waals surface area contributed by atoms with Gasteiger partial charge in [-0.2, -0.15) is 0 Å². The summed E-state index contributed by atoms with van der Waals surface area (Å²) in [6.45, 7) is 3.91. The fourth-order valence-electron chi connectivity index (χ4n) is 3.42. The number of rotatable bonds is 1. The normalized spacial score (nSPS) is 30.4. The topological polar surface area (TPSA) is 75.3 Å². The van der Waals surface area contributed by atoms with Crippen molar-refractivity contribution in [2.45, 2.75) is 39.5 Å². The molecule has 1 saturated carbocycles. The van der Waals surface area contributed by atoms with E-state index < -0.39 is 23.3 Å². The number of barbiturate groups is 1. The first kappa shape index (κ1) is 15.7. The quantitative estimate of drug-likeness (QED) is 0.431. The predicted molar refractivity (Wildman–Crippen MR) is 60.9 cm³/mol. The minimum atomic E-state index is -1.04. The first-order chi connectivity index (χ1) is 8.03. The van der Waals surface area contributed by atoms with E-state index in [-0.39, 0.29) is 41.4 Å². The van der Waals surface area contributed by atoms with Crippen molar-refractivity contribution in [1.82, 2.24) is 10.6 Å². The summed E-state index contributed by atoms with van der Waals surface area (Å²) in [6.07, 6.45) is 3.54. The average molecular weight is 261 g/mol. The maximum Gasteiger partial charge on any atom is 1.00 e. The SMILES string of the molecule is CCC1CCCC(C)C12C(=O)NC(=O)NC2=O.[Na+]. The molecule has 0 aromatic rings. The summed E-state index contributed by atoms with van der Waals surface area (Å²) in [5.41, 5.74) is -1.04. The molecule has 1 aliphatic carbocycles. The van der Waals surface area contributed by atoms with Gasteiger partial charge in [-0.1, -0.05) is 26.7 Å². The number of hydrogen-bond donors (Lipinski definition) is 2. The standard InChI is InChI=1S/C12H18N2O3.Na/c1-3-8-6-4-5-7(2)12(8)9(15)13-11(17)14-10(12)16;/h7-8H,3-6H2,1-2H3,(H2,13,14,15,16,17);/q;+1. The molecule has 0 bridgehead atoms. The first-order valence-electron chi connectivity index (χ1n) is 6.20. The van der Waals surface area contributed by atoms with Gasteiger partial charge >= 0.3 is 35.6 Å². The van der Waals surface area contributed by atoms with Crippen LogP contribution in [0.5, 0.6) is 0 Å². The zero-order valence-electron chi connectivity index (χ0n) is 11.2. The predicted octanol–water partition coefficient (Wildman–Crippen LogP) is -1.81. The Balaban J connectivity index is 0.00000162. The van der Waals surface area contributed by atoms with Crippen LogP contribution in [0.2, 0.25) is 0 Å². The molecule has 2 atom stereocenters. The van der Waals surface area contributed by atoms with Crippen LogP contribution in [0.1, 0.15) is 39.5 Å². The van der Waals surface area contributed by atoms with Crippen LogP contribution in [0.15, 0.2) is 0 Å². The molecule has 1 saturated heterocycles. The van der Waals surface area contributed by atoms with E-state index in [0.29, 0.717) is 0 Å². The molecule has 2 N–H and O–H groups in total. The number of nitrogens with one attached hydrogen (secondary N) is 2. The third-order valence-electron chi connectivity index (χ3n) is 4.31. The zero-order valence-corrected chi connectivity index (χ0v) is 13.2. The minimum absolute atomic E-state index is 0. The summed E-state index contributed by atoms with van der Waals surface area (Å²) in [5, 5.41) is 4.51. The molecule has 0 aromatic carbocycles. The van der Waals surface area contributed by atoms with E-state index in [9.17, 15) is 14.4 Å². The number of urea groups is 1. The minimum Gasteiger partial charge on any atom is -0.277 e. The van der Waals surface area contributed by atoms with Gasteiger partial charge in [0.2, 0.25) is 11.8 Å². The Morgan fingerprint density at radius 3 is 2.22 bits per heavy atom. The fraction of sp³-hybridized carbons (Fsp3) is 0.750. The van der Waals surface area contributed by atoms with E-state index >= 15 is 0 Å². The molecule has 2 unspecified atom stereocenters. The Bertz CT molecular complexity index is 364. The molecule has 6 heteroatoms. The Morgan fingerprint density at radius 2 is 1.72 bits per heavy atom. The second-order valence-corrected chi connectivity index (χ2v) is 5.04. The summed E-state index contributed by atoms with van der Waals surface area (Å²) in [5.74, 6) is -0.816. The van der Waals surface area contributed by atoms with E-state index in [1.807, 2.05) is 13.8 Å². The van der Waals surface area contributed by atoms with Gasteiger partial charge in [0.25, 0.3) is 0 Å². The van der Waals surface area contributed by atoms with Crippen LogP contribution < -0.4 is 40.2 Å². The van der Waals surface area contributed by atoms with Gasteiger partial charge in [-0.05, 0) is 24.7 Å². The Labute approximate surface area is 129 Å². The molecule has 1 heterocycles. The molecule has 5 nitrogen and oxygen atoms in total. The zero-order chi connectivity index (χ0) is 12.6. The molecule has 18 heavy (non-hydrogen) atoms. The monoisotopic (exact) mass is 261 g/mol. The number of imide groups is 2. The molecule has 2 fully saturated rings. The van der Waals surface area contributed by atoms with E-state index in [1.165, 1.54) is 0 Å². The fourth-order valence-corrected chi connectivity index (χ4v) is 3.42. The van der Waals surface area contributed by atoms with Crippen LogP contribution in [0, 0.1) is 17.3 Å². The summed E-state index contributed by atoms with van der Waals surface area (Å²) in [4.78, 5) is 35.5. The maximum absolute atomic E-state index is 12.2. The second kappa shape index (κ2) is 5.72. The number of amides is 4. The molecule has 1 aliphatic heterocycles. The molecular weight excluding hydrogens is 243 g/mol. The smallest absolute Gasteiger partial charge is 0.277 e. The van der Waals surface area contributed by atoms with E-state index in [0.717, 1.165) is 25.7 Å². The van der Waals surface area contributed by atoms with E-state index in [2.05, 4.69) is 10.6 Å². The summed E-state index contributed by atoms with van der Waals surface area (Å²) < 4.78 is 0. The van der Waals surface area contributed by atoms with Crippen LogP contribution in [-0.2, 0) is 9.59 Å². The molecule has 0 radical (unpaired) electrons. The Morgan fingerprint density at radius 1 is 1.17 bits per heavy atom. The molecule has 0 aromatic heterocycles. The third-order valence-corrected chi connectivity index (χ3v) is 4.31. The van der Waals surface area contributed by atoms with Crippen LogP contribution >= 0.6 is 0 Å². The van der Waals surface area contributed by atoms with E-state index in [1.54, 1.807) is 0 Å². The average Bonchev–Trinajstić information content (AvgIpc) is 2.26. The van der Waals surface area contributed by atoms with Crippen molar-refractivity contribution in [3.63, 3.8) is 0 Å². The maximum atomic E-state index is 12.2. The molecular formula is C12H18N2NaO3+. The van der Waals surface area contributed by atoms with Gasteiger partial charge in [-0.3, -0.25) is 20.2 Å². The summed E-state index contributed by atoms with van der Waals surface area (Å²) >= 11 is 0. The van der Waals surface area contributed by atoms with Crippen molar-refractivity contribution in [3.8, 4) is 0 Å². The number of carbonyl (C=O) groups is 3. The van der Waals surface area contributed by atoms with Crippen LogP contribution in [-0.4, -0.2) is 17.8 Å². The van der Waals surface area contributed by atoms with Gasteiger partial charge in [0.05, 0.1) is 0 Å². The van der Waals surface area contributed by atoms with Gasteiger partial charge in [0.15, 0.2) is 0 Å². The second-order valence-electron chi connectivity index (χ2n) is 5.04. The van der Waals surface area contributed by atoms with Gasteiger partial charge in [-0.25, -0.2) is 4.79 Å². The number of hydrogen-bond acceptors (Lipinski definition) is 3. The summed E-state index contributed by atoms with van der Waals surface area (Å²) in [7, 11) is 0. The molecule has 2 aliphatic rings. The number of carbonyl (C=O) groups excluding carboxylic acids is 3. The van der Waals surface area contributed by atoms with Gasteiger partial charge in [0, 0.05) is 0 Å². The third kappa shape index (κ3) is 2.12. The van der Waals surface area contributed by atoms with E-state index in [4.69, 9.17) is 0 Å². The van der Waals surface area contributed by atoms with Gasteiger partial charge < -0.3 is 0 Å². The van der Waals surface area contributed by atoms with Crippen molar-refractivity contribution in [2.24, 2.45) is 17.3 Å². The molecule has 2 rings (SSSR count).